The van der Waals surface area contributed by atoms with Gasteiger partial charge in [-0.25, -0.2) is 0 Å². The normalized spacial score (nSPS) is 12.9. The second-order valence-electron chi connectivity index (χ2n) is 4.34. The lowest BCUT2D eigenvalue weighted by Gasteiger charge is -2.16. The standard InChI is InChI=1S/C13H25N3O/c1-5-14-12(10-17-4)7-8-13-9-11(3)15-16(13)6-2/h9,12,14H,5-8,10H2,1-4H3. The smallest absolute Gasteiger partial charge is 0.0615 e. The van der Waals surface area contributed by atoms with E-state index in [2.05, 4.69) is 35.0 Å². The topological polar surface area (TPSA) is 39.1 Å². The van der Waals surface area contributed by atoms with Crippen LogP contribution in [0.4, 0.5) is 0 Å². The lowest BCUT2D eigenvalue weighted by Crippen LogP contribution is -2.33. The average Bonchev–Trinajstić information content (AvgIpc) is 2.67. The molecule has 1 aromatic heterocycles. The van der Waals surface area contributed by atoms with Crippen molar-refractivity contribution < 1.29 is 4.74 Å². The molecule has 4 heteroatoms. The van der Waals surface area contributed by atoms with Crippen molar-refractivity contribution in [1.29, 1.82) is 0 Å². The van der Waals surface area contributed by atoms with Gasteiger partial charge in [0, 0.05) is 25.4 Å². The molecule has 0 radical (unpaired) electrons. The molecule has 1 atom stereocenters. The fourth-order valence-electron chi connectivity index (χ4n) is 2.13. The van der Waals surface area contributed by atoms with E-state index >= 15 is 0 Å². The number of hydrogen-bond donors (Lipinski definition) is 1. The summed E-state index contributed by atoms with van der Waals surface area (Å²) in [5.41, 5.74) is 2.43. The number of methoxy groups -OCH3 is 1. The summed E-state index contributed by atoms with van der Waals surface area (Å²) in [7, 11) is 1.75. The van der Waals surface area contributed by atoms with Crippen LogP contribution in [0.1, 0.15) is 31.7 Å². The van der Waals surface area contributed by atoms with Crippen molar-refractivity contribution in [2.45, 2.75) is 46.2 Å². The number of nitrogens with zero attached hydrogens (tertiary/aromatic N) is 2. The van der Waals surface area contributed by atoms with Gasteiger partial charge in [0.2, 0.25) is 0 Å². The summed E-state index contributed by atoms with van der Waals surface area (Å²) in [6.45, 7) is 9.01. The first kappa shape index (κ1) is 14.2. The molecule has 0 amide bonds. The van der Waals surface area contributed by atoms with E-state index in [4.69, 9.17) is 4.74 Å². The van der Waals surface area contributed by atoms with E-state index in [9.17, 15) is 0 Å². The van der Waals surface area contributed by atoms with Crippen molar-refractivity contribution >= 4 is 0 Å². The maximum absolute atomic E-state index is 5.22. The Morgan fingerprint density at radius 2 is 2.24 bits per heavy atom. The van der Waals surface area contributed by atoms with Gasteiger partial charge in [0.25, 0.3) is 0 Å². The number of hydrogen-bond acceptors (Lipinski definition) is 3. The van der Waals surface area contributed by atoms with Gasteiger partial charge < -0.3 is 10.1 Å². The summed E-state index contributed by atoms with van der Waals surface area (Å²) < 4.78 is 7.31. The fraction of sp³-hybridized carbons (Fsp3) is 0.769. The maximum atomic E-state index is 5.22. The molecule has 0 aliphatic rings. The second kappa shape index (κ2) is 7.45. The highest BCUT2D eigenvalue weighted by Crippen LogP contribution is 2.08. The summed E-state index contributed by atoms with van der Waals surface area (Å²) >= 11 is 0. The summed E-state index contributed by atoms with van der Waals surface area (Å²) in [6, 6.07) is 2.62. The van der Waals surface area contributed by atoms with E-state index in [1.807, 2.05) is 6.92 Å². The summed E-state index contributed by atoms with van der Waals surface area (Å²) in [4.78, 5) is 0. The Kier molecular flexibility index (Phi) is 6.22. The number of likely N-dealkylation sites (N-methyl/N-ethyl adjacent to an activating group) is 1. The van der Waals surface area contributed by atoms with E-state index in [0.717, 1.165) is 38.2 Å². The van der Waals surface area contributed by atoms with Crippen LogP contribution in [-0.2, 0) is 17.7 Å². The quantitative estimate of drug-likeness (QED) is 0.751. The van der Waals surface area contributed by atoms with Gasteiger partial charge in [-0.2, -0.15) is 5.10 Å². The van der Waals surface area contributed by atoms with Crippen LogP contribution in [0.5, 0.6) is 0 Å². The highest BCUT2D eigenvalue weighted by atomic mass is 16.5. The Bertz CT molecular complexity index is 316. The molecule has 0 spiro atoms. The van der Waals surface area contributed by atoms with E-state index in [1.165, 1.54) is 5.69 Å². The van der Waals surface area contributed by atoms with E-state index in [0.29, 0.717) is 6.04 Å². The predicted molar refractivity (Wildman–Crippen MR) is 70.3 cm³/mol. The van der Waals surface area contributed by atoms with Crippen LogP contribution in [0.25, 0.3) is 0 Å². The molecule has 0 aromatic carbocycles. The first-order valence-electron chi connectivity index (χ1n) is 6.46. The largest absolute Gasteiger partial charge is 0.383 e. The van der Waals surface area contributed by atoms with Gasteiger partial charge in [0.1, 0.15) is 0 Å². The molecule has 0 saturated heterocycles. The molecule has 1 unspecified atom stereocenters. The zero-order valence-corrected chi connectivity index (χ0v) is 11.5. The number of ether oxygens (including phenoxy) is 1. The zero-order valence-electron chi connectivity index (χ0n) is 11.5. The fourth-order valence-corrected chi connectivity index (χ4v) is 2.13. The van der Waals surface area contributed by atoms with Gasteiger partial charge in [0.15, 0.2) is 0 Å². The second-order valence-corrected chi connectivity index (χ2v) is 4.34. The van der Waals surface area contributed by atoms with Gasteiger partial charge in [0.05, 0.1) is 12.3 Å². The SMILES string of the molecule is CCNC(CCc1cc(C)nn1CC)COC. The van der Waals surface area contributed by atoms with Crippen molar-refractivity contribution in [2.75, 3.05) is 20.3 Å². The third-order valence-electron chi connectivity index (χ3n) is 2.89. The number of nitrogens with one attached hydrogen (secondary N) is 1. The molecular formula is C13H25N3O. The first-order chi connectivity index (χ1) is 8.21. The van der Waals surface area contributed by atoms with Crippen LogP contribution >= 0.6 is 0 Å². The van der Waals surface area contributed by atoms with Crippen LogP contribution in [-0.4, -0.2) is 36.1 Å². The summed E-state index contributed by atoms with van der Waals surface area (Å²) in [5, 5.41) is 7.91. The third kappa shape index (κ3) is 4.48. The minimum absolute atomic E-state index is 0.436. The molecule has 1 aromatic rings. The Balaban J connectivity index is 2.51. The Hall–Kier alpha value is -0.870. The molecule has 0 aliphatic heterocycles. The third-order valence-corrected chi connectivity index (χ3v) is 2.89. The molecule has 1 N–H and O–H groups in total. The van der Waals surface area contributed by atoms with Crippen molar-refractivity contribution in [2.24, 2.45) is 0 Å². The lowest BCUT2D eigenvalue weighted by atomic mass is 10.1. The molecular weight excluding hydrogens is 214 g/mol. The van der Waals surface area contributed by atoms with Crippen LogP contribution < -0.4 is 5.32 Å². The van der Waals surface area contributed by atoms with Crippen molar-refractivity contribution in [3.63, 3.8) is 0 Å². The molecule has 4 nitrogen and oxygen atoms in total. The molecule has 17 heavy (non-hydrogen) atoms. The maximum Gasteiger partial charge on any atom is 0.0615 e. The molecule has 1 heterocycles. The van der Waals surface area contributed by atoms with Crippen molar-refractivity contribution in [3.8, 4) is 0 Å². The molecule has 98 valence electrons. The van der Waals surface area contributed by atoms with Crippen molar-refractivity contribution in [1.82, 2.24) is 15.1 Å². The molecule has 0 bridgehead atoms. The van der Waals surface area contributed by atoms with E-state index in [1.54, 1.807) is 7.11 Å². The van der Waals surface area contributed by atoms with Gasteiger partial charge in [-0.3, -0.25) is 4.68 Å². The Morgan fingerprint density at radius 1 is 1.47 bits per heavy atom. The van der Waals surface area contributed by atoms with Crippen LogP contribution in [0.2, 0.25) is 0 Å². The van der Waals surface area contributed by atoms with Crippen LogP contribution in [0.15, 0.2) is 6.07 Å². The van der Waals surface area contributed by atoms with Crippen LogP contribution in [0.3, 0.4) is 0 Å². The number of aromatic nitrogens is 2. The highest BCUT2D eigenvalue weighted by molar-refractivity contribution is 5.09. The predicted octanol–water partition coefficient (Wildman–Crippen LogP) is 1.77. The van der Waals surface area contributed by atoms with Crippen LogP contribution in [0, 0.1) is 6.92 Å². The summed E-state index contributed by atoms with van der Waals surface area (Å²) in [6.07, 6.45) is 2.14. The molecule has 1 rings (SSSR count). The Morgan fingerprint density at radius 3 is 2.82 bits per heavy atom. The van der Waals surface area contributed by atoms with Gasteiger partial charge in [-0.1, -0.05) is 6.92 Å². The Labute approximate surface area is 104 Å². The minimum atomic E-state index is 0.436. The molecule has 0 fully saturated rings. The number of rotatable bonds is 8. The van der Waals surface area contributed by atoms with Gasteiger partial charge in [-0.05, 0) is 39.3 Å². The van der Waals surface area contributed by atoms with Gasteiger partial charge >= 0.3 is 0 Å². The van der Waals surface area contributed by atoms with Crippen molar-refractivity contribution in [3.05, 3.63) is 17.5 Å². The zero-order chi connectivity index (χ0) is 12.7. The van der Waals surface area contributed by atoms with E-state index in [-0.39, 0.29) is 0 Å². The minimum Gasteiger partial charge on any atom is -0.383 e. The molecule has 0 saturated carbocycles. The first-order valence-corrected chi connectivity index (χ1v) is 6.46. The van der Waals surface area contributed by atoms with E-state index < -0.39 is 0 Å². The highest BCUT2D eigenvalue weighted by Gasteiger charge is 2.10. The lowest BCUT2D eigenvalue weighted by molar-refractivity contribution is 0.163. The molecule has 0 aliphatic carbocycles. The summed E-state index contributed by atoms with van der Waals surface area (Å²) in [5.74, 6) is 0. The van der Waals surface area contributed by atoms with Gasteiger partial charge in [-0.15, -0.1) is 0 Å². The number of aryl methyl sites for hydroxylation is 3. The monoisotopic (exact) mass is 239 g/mol. The average molecular weight is 239 g/mol.